The van der Waals surface area contributed by atoms with E-state index in [0.29, 0.717) is 66.8 Å². The number of anilines is 1. The number of carbonyl (C=O) groups is 6. The second kappa shape index (κ2) is 20.2. The highest BCUT2D eigenvalue weighted by Crippen LogP contribution is 2.22. The van der Waals surface area contributed by atoms with Gasteiger partial charge in [-0.3, -0.25) is 28.8 Å². The van der Waals surface area contributed by atoms with E-state index in [2.05, 4.69) is 21.3 Å². The lowest BCUT2D eigenvalue weighted by Crippen LogP contribution is -2.45. The Kier molecular flexibility index (Phi) is 15.8. The molecular weight excluding hydrogens is 666 g/mol. The fourth-order valence-electron chi connectivity index (χ4n) is 5.14. The Labute approximate surface area is 304 Å². The summed E-state index contributed by atoms with van der Waals surface area (Å²) in [6.45, 7) is 6.64. The van der Waals surface area contributed by atoms with Crippen LogP contribution in [-0.2, 0) is 32.1 Å². The third kappa shape index (κ3) is 15.4. The molecule has 0 radical (unpaired) electrons. The van der Waals surface area contributed by atoms with E-state index < -0.39 is 17.9 Å². The summed E-state index contributed by atoms with van der Waals surface area (Å²) in [7, 11) is 0. The summed E-state index contributed by atoms with van der Waals surface area (Å²) < 4.78 is 5.64. The predicted octanol–water partition coefficient (Wildman–Crippen LogP) is 4.35. The summed E-state index contributed by atoms with van der Waals surface area (Å²) in [5.74, 6) is -1.98. The van der Waals surface area contributed by atoms with Crippen molar-refractivity contribution in [2.24, 2.45) is 11.1 Å². The number of benzene rings is 3. The molecule has 3 aromatic rings. The van der Waals surface area contributed by atoms with E-state index in [0.717, 1.165) is 5.56 Å². The molecule has 1 atom stereocenters. The number of carboxylic acids is 1. The average Bonchev–Trinajstić information content (AvgIpc) is 3.10. The van der Waals surface area contributed by atoms with Crippen molar-refractivity contribution in [3.63, 3.8) is 0 Å². The molecule has 0 spiro atoms. The number of nitrogens with two attached hydrogens (primary N) is 1. The molecule has 0 bridgehead atoms. The van der Waals surface area contributed by atoms with E-state index >= 15 is 0 Å². The molecule has 0 aliphatic heterocycles. The van der Waals surface area contributed by atoms with Gasteiger partial charge in [-0.15, -0.1) is 0 Å². The van der Waals surface area contributed by atoms with Crippen molar-refractivity contribution in [2.45, 2.75) is 78.3 Å². The van der Waals surface area contributed by atoms with Gasteiger partial charge in [0.1, 0.15) is 18.4 Å². The number of aryl methyl sites for hydroxylation is 1. The number of ether oxygens (including phenoxy) is 1. The van der Waals surface area contributed by atoms with Gasteiger partial charge in [-0.1, -0.05) is 45.0 Å². The maximum atomic E-state index is 13.3. The first-order valence-corrected chi connectivity index (χ1v) is 17.3. The highest BCUT2D eigenvalue weighted by atomic mass is 16.5. The third-order valence-corrected chi connectivity index (χ3v) is 7.82. The summed E-state index contributed by atoms with van der Waals surface area (Å²) in [5, 5.41) is 20.2. The topological polar surface area (TPSA) is 206 Å². The molecule has 3 aromatic carbocycles. The number of carboxylic acid groups (broad SMARTS) is 1. The van der Waals surface area contributed by atoms with Crippen molar-refractivity contribution in [3.05, 3.63) is 95.1 Å². The molecule has 0 aliphatic rings. The molecule has 0 saturated carbocycles. The van der Waals surface area contributed by atoms with Crippen LogP contribution in [0.15, 0.2) is 72.8 Å². The maximum absolute atomic E-state index is 13.3. The van der Waals surface area contributed by atoms with Gasteiger partial charge in [0, 0.05) is 42.6 Å². The highest BCUT2D eigenvalue weighted by Gasteiger charge is 2.27. The van der Waals surface area contributed by atoms with Crippen LogP contribution < -0.4 is 31.7 Å². The molecule has 278 valence electrons. The van der Waals surface area contributed by atoms with E-state index in [4.69, 9.17) is 15.6 Å². The maximum Gasteiger partial charge on any atom is 0.303 e. The lowest BCUT2D eigenvalue weighted by Gasteiger charge is -2.26. The zero-order valence-corrected chi connectivity index (χ0v) is 30.0. The molecule has 3 rings (SSSR count). The molecular formula is C39H49N5O8. The number of nitrogens with one attached hydrogen (secondary N) is 4. The Hall–Kier alpha value is -5.72. The second-order valence-electron chi connectivity index (χ2n) is 13.7. The van der Waals surface area contributed by atoms with Crippen molar-refractivity contribution < 1.29 is 38.6 Å². The van der Waals surface area contributed by atoms with Crippen LogP contribution >= 0.6 is 0 Å². The van der Waals surface area contributed by atoms with Gasteiger partial charge in [0.2, 0.25) is 17.7 Å². The Balaban J connectivity index is 1.49. The largest absolute Gasteiger partial charge is 0.492 e. The van der Waals surface area contributed by atoms with Crippen molar-refractivity contribution in [1.82, 2.24) is 16.0 Å². The van der Waals surface area contributed by atoms with Crippen molar-refractivity contribution in [2.75, 3.05) is 18.5 Å². The Morgan fingerprint density at radius 2 is 1.48 bits per heavy atom. The van der Waals surface area contributed by atoms with Gasteiger partial charge in [-0.2, -0.15) is 0 Å². The molecule has 7 N–H and O–H groups in total. The standard InChI is InChI=1S/C39H49N5O8/c1-39(2,3)24-32(38(51)43-30-16-11-26(12-17-30)13-20-35(47)48)44-37(50)29-8-6-7-27(23-29)25-42-36(49)28-14-18-31(19-15-28)52-22-21-41-34(46)10-5-4-9-33(40)45/h6-8,11-12,14-19,23,32H,4-5,9-10,13,20-22,24-25H2,1-3H3,(H2,40,45)(H,41,46)(H,42,49)(H,43,51)(H,44,50)(H,47,48)/t32-/m0/s1. The zero-order chi connectivity index (χ0) is 38.1. The number of amides is 5. The molecule has 52 heavy (non-hydrogen) atoms. The fourth-order valence-corrected chi connectivity index (χ4v) is 5.14. The van der Waals surface area contributed by atoms with E-state index in [1.807, 2.05) is 20.8 Å². The van der Waals surface area contributed by atoms with Gasteiger partial charge >= 0.3 is 5.97 Å². The number of primary amides is 1. The van der Waals surface area contributed by atoms with Crippen molar-refractivity contribution in [1.29, 1.82) is 0 Å². The Bertz CT molecular complexity index is 1680. The molecule has 13 nitrogen and oxygen atoms in total. The quantitative estimate of drug-likeness (QED) is 0.0926. The number of unbranched alkanes of at least 4 members (excludes halogenated alkanes) is 1. The van der Waals surface area contributed by atoms with E-state index in [-0.39, 0.29) is 55.0 Å². The molecule has 0 unspecified atom stereocenters. The monoisotopic (exact) mass is 715 g/mol. The summed E-state index contributed by atoms with van der Waals surface area (Å²) in [4.78, 5) is 73.0. The smallest absolute Gasteiger partial charge is 0.303 e. The van der Waals surface area contributed by atoms with Gasteiger partial charge < -0.3 is 36.8 Å². The van der Waals surface area contributed by atoms with Crippen molar-refractivity contribution >= 4 is 41.2 Å². The van der Waals surface area contributed by atoms with Crippen LogP contribution in [0.2, 0.25) is 0 Å². The fraction of sp³-hybridized carbons (Fsp3) is 0.385. The van der Waals surface area contributed by atoms with Crippen molar-refractivity contribution in [3.8, 4) is 5.75 Å². The van der Waals surface area contributed by atoms with Crippen LogP contribution in [0.5, 0.6) is 5.75 Å². The van der Waals surface area contributed by atoms with E-state index in [1.165, 1.54) is 0 Å². The van der Waals surface area contributed by atoms with Gasteiger partial charge in [0.25, 0.3) is 11.8 Å². The minimum absolute atomic E-state index is 0.0130. The van der Waals surface area contributed by atoms with Crippen LogP contribution in [0.25, 0.3) is 0 Å². The Morgan fingerprint density at radius 3 is 2.13 bits per heavy atom. The first-order valence-electron chi connectivity index (χ1n) is 17.3. The lowest BCUT2D eigenvalue weighted by atomic mass is 9.87. The first-order chi connectivity index (χ1) is 24.7. The lowest BCUT2D eigenvalue weighted by molar-refractivity contribution is -0.137. The zero-order valence-electron chi connectivity index (χ0n) is 30.0. The van der Waals surface area contributed by atoms with Crippen LogP contribution in [0.4, 0.5) is 5.69 Å². The summed E-state index contributed by atoms with van der Waals surface area (Å²) >= 11 is 0. The van der Waals surface area contributed by atoms with Crippen LogP contribution in [0, 0.1) is 5.41 Å². The van der Waals surface area contributed by atoms with E-state index in [9.17, 15) is 28.8 Å². The minimum atomic E-state index is -0.882. The molecule has 0 heterocycles. The number of aliphatic carboxylic acids is 1. The molecule has 5 amide bonds. The van der Waals surface area contributed by atoms with Gasteiger partial charge in [0.15, 0.2) is 0 Å². The molecule has 0 fully saturated rings. The number of hydrogen-bond donors (Lipinski definition) is 6. The summed E-state index contributed by atoms with van der Waals surface area (Å²) in [6, 6.07) is 19.5. The number of carbonyl (C=O) groups excluding carboxylic acids is 5. The molecule has 13 heteroatoms. The van der Waals surface area contributed by atoms with E-state index in [1.54, 1.807) is 72.8 Å². The van der Waals surface area contributed by atoms with Gasteiger partial charge in [-0.05, 0) is 90.8 Å². The minimum Gasteiger partial charge on any atom is -0.492 e. The van der Waals surface area contributed by atoms with Crippen LogP contribution in [0.3, 0.4) is 0 Å². The van der Waals surface area contributed by atoms with Crippen LogP contribution in [0.1, 0.15) is 91.1 Å². The van der Waals surface area contributed by atoms with Gasteiger partial charge in [0.05, 0.1) is 6.54 Å². The summed E-state index contributed by atoms with van der Waals surface area (Å²) in [6.07, 6.45) is 2.49. The third-order valence-electron chi connectivity index (χ3n) is 7.82. The normalized spacial score (nSPS) is 11.5. The summed E-state index contributed by atoms with van der Waals surface area (Å²) in [5.41, 5.74) is 7.62. The second-order valence-corrected chi connectivity index (χ2v) is 13.7. The molecule has 0 aliphatic carbocycles. The number of rotatable bonds is 20. The number of hydrogen-bond acceptors (Lipinski definition) is 7. The average molecular weight is 716 g/mol. The molecule has 0 saturated heterocycles. The van der Waals surface area contributed by atoms with Gasteiger partial charge in [-0.25, -0.2) is 0 Å². The first kappa shape index (κ1) is 40.7. The SMILES string of the molecule is CC(C)(C)C[C@H](NC(=O)c1cccc(CNC(=O)c2ccc(OCCNC(=O)CCCCC(N)=O)cc2)c1)C(=O)Nc1ccc(CCC(=O)O)cc1. The van der Waals surface area contributed by atoms with Crippen LogP contribution in [-0.4, -0.2) is 59.8 Å². The highest BCUT2D eigenvalue weighted by molar-refractivity contribution is 6.01. The molecule has 0 aromatic heterocycles. The predicted molar refractivity (Wildman–Crippen MR) is 197 cm³/mol. The Morgan fingerprint density at radius 1 is 0.788 bits per heavy atom.